The van der Waals surface area contributed by atoms with Crippen molar-refractivity contribution in [2.45, 2.75) is 19.6 Å². The molecule has 0 saturated carbocycles. The van der Waals surface area contributed by atoms with Gasteiger partial charge in [0.1, 0.15) is 0 Å². The second kappa shape index (κ2) is 12.3. The molecule has 0 spiro atoms. The largest absolute Gasteiger partial charge is 0.308 e. The lowest BCUT2D eigenvalue weighted by atomic mass is 10.1. The molecule has 53 heavy (non-hydrogen) atoms. The van der Waals surface area contributed by atoms with E-state index < -0.39 is 0 Å². The number of rotatable bonds is 4. The van der Waals surface area contributed by atoms with Crippen molar-refractivity contribution in [2.24, 2.45) is 0 Å². The van der Waals surface area contributed by atoms with Gasteiger partial charge in [-0.15, -0.1) is 11.3 Å². The number of nitrogens with zero attached hydrogens (tertiary/aromatic N) is 5. The number of hydrogen-bond acceptors (Lipinski definition) is 8. The number of hydrogen-bond donors (Lipinski definition) is 0. The molecule has 11 rings (SSSR count). The van der Waals surface area contributed by atoms with Crippen LogP contribution in [0.25, 0.3) is 42.9 Å². The number of para-hydroxylation sites is 3. The third-order valence-electron chi connectivity index (χ3n) is 9.70. The topological polar surface area (TPSA) is 45.2 Å². The lowest BCUT2D eigenvalue weighted by Gasteiger charge is -2.35. The Morgan fingerprint density at radius 3 is 1.75 bits per heavy atom. The fourth-order valence-electron chi connectivity index (χ4n) is 7.31. The Morgan fingerprint density at radius 1 is 0.415 bits per heavy atom. The molecule has 4 heterocycles. The summed E-state index contributed by atoms with van der Waals surface area (Å²) in [4.78, 5) is 25.1. The zero-order valence-electron chi connectivity index (χ0n) is 28.0. The minimum absolute atomic E-state index is 0.582. The summed E-state index contributed by atoms with van der Waals surface area (Å²) in [6.07, 6.45) is 0. The standard InChI is InChI=1S/C45H27N5S3/c1-2-13-28(14-3-1)43-46-44(32-17-12-16-31-30-15-4-8-21-37(30)53-42(31)32)48-45(47-43)50-35-20-7-11-24-40(35)52-41-27-29(25-26-36(41)50)49-33-18-5-9-22-38(33)51-39-23-10-6-19-34(39)49/h1-27H. The minimum atomic E-state index is 0.582. The van der Waals surface area contributed by atoms with Gasteiger partial charge in [-0.25, -0.2) is 4.98 Å². The molecule has 5 nitrogen and oxygen atoms in total. The summed E-state index contributed by atoms with van der Waals surface area (Å²) in [7, 11) is 0. The molecule has 0 saturated heterocycles. The Kier molecular flexibility index (Phi) is 7.14. The van der Waals surface area contributed by atoms with Crippen molar-refractivity contribution in [3.8, 4) is 22.8 Å². The predicted octanol–water partition coefficient (Wildman–Crippen LogP) is 13.4. The average Bonchev–Trinajstić information content (AvgIpc) is 3.61. The summed E-state index contributed by atoms with van der Waals surface area (Å²) in [6.45, 7) is 0. The minimum Gasteiger partial charge on any atom is -0.308 e. The van der Waals surface area contributed by atoms with Gasteiger partial charge in [0, 0.05) is 56.6 Å². The van der Waals surface area contributed by atoms with Gasteiger partial charge in [-0.1, -0.05) is 121 Å². The predicted molar refractivity (Wildman–Crippen MR) is 221 cm³/mol. The van der Waals surface area contributed by atoms with Crippen molar-refractivity contribution in [2.75, 3.05) is 9.80 Å². The summed E-state index contributed by atoms with van der Waals surface area (Å²) in [5.41, 5.74) is 7.48. The molecule has 2 aliphatic heterocycles. The maximum absolute atomic E-state index is 5.33. The van der Waals surface area contributed by atoms with Crippen LogP contribution in [-0.2, 0) is 0 Å². The summed E-state index contributed by atoms with van der Waals surface area (Å²) in [5.74, 6) is 1.87. The molecule has 0 radical (unpaired) electrons. The Bertz CT molecular complexity index is 2840. The molecule has 250 valence electrons. The van der Waals surface area contributed by atoms with E-state index in [1.807, 2.05) is 30.0 Å². The van der Waals surface area contributed by atoms with Crippen molar-refractivity contribution in [1.82, 2.24) is 15.0 Å². The Hall–Kier alpha value is -5.93. The summed E-state index contributed by atoms with van der Waals surface area (Å²) >= 11 is 5.39. The van der Waals surface area contributed by atoms with Gasteiger partial charge in [0.25, 0.3) is 0 Å². The van der Waals surface area contributed by atoms with E-state index in [9.17, 15) is 0 Å². The molecular formula is C45H27N5S3. The van der Waals surface area contributed by atoms with Gasteiger partial charge >= 0.3 is 0 Å². The molecule has 9 aromatic rings. The molecule has 0 amide bonds. The second-order valence-electron chi connectivity index (χ2n) is 12.9. The maximum atomic E-state index is 5.33. The van der Waals surface area contributed by atoms with Crippen LogP contribution in [0.4, 0.5) is 34.4 Å². The average molecular weight is 734 g/mol. The van der Waals surface area contributed by atoms with Crippen molar-refractivity contribution in [1.29, 1.82) is 0 Å². The number of benzene rings is 7. The van der Waals surface area contributed by atoms with Gasteiger partial charge in [-0.2, -0.15) is 9.97 Å². The van der Waals surface area contributed by atoms with Crippen molar-refractivity contribution >= 4 is 89.4 Å². The first-order valence-electron chi connectivity index (χ1n) is 17.4. The van der Waals surface area contributed by atoms with Crippen LogP contribution < -0.4 is 9.80 Å². The fourth-order valence-corrected chi connectivity index (χ4v) is 10.7. The first kappa shape index (κ1) is 30.7. The highest BCUT2D eigenvalue weighted by Gasteiger charge is 2.31. The summed E-state index contributed by atoms with van der Waals surface area (Å²) in [6, 6.07) is 57.8. The van der Waals surface area contributed by atoms with E-state index in [1.165, 1.54) is 41.3 Å². The van der Waals surface area contributed by atoms with Crippen molar-refractivity contribution in [3.05, 3.63) is 164 Å². The van der Waals surface area contributed by atoms with Gasteiger partial charge in [-0.05, 0) is 66.7 Å². The molecule has 2 aromatic heterocycles. The van der Waals surface area contributed by atoms with Crippen LogP contribution in [0.1, 0.15) is 0 Å². The van der Waals surface area contributed by atoms with Crippen molar-refractivity contribution in [3.63, 3.8) is 0 Å². The van der Waals surface area contributed by atoms with E-state index in [0.29, 0.717) is 17.6 Å². The van der Waals surface area contributed by atoms with Crippen LogP contribution in [-0.4, -0.2) is 15.0 Å². The molecule has 0 N–H and O–H groups in total. The molecule has 0 unspecified atom stereocenters. The van der Waals surface area contributed by atoms with Gasteiger partial charge in [-0.3, -0.25) is 4.90 Å². The Morgan fingerprint density at radius 2 is 1.00 bits per heavy atom. The number of thiophene rings is 1. The summed E-state index contributed by atoms with van der Waals surface area (Å²) in [5, 5.41) is 2.46. The highest BCUT2D eigenvalue weighted by molar-refractivity contribution is 8.00. The lowest BCUT2D eigenvalue weighted by Crippen LogP contribution is -2.19. The highest BCUT2D eigenvalue weighted by atomic mass is 32.2. The van der Waals surface area contributed by atoms with E-state index in [-0.39, 0.29) is 0 Å². The van der Waals surface area contributed by atoms with E-state index in [1.54, 1.807) is 23.1 Å². The first-order valence-corrected chi connectivity index (χ1v) is 19.8. The molecule has 0 bridgehead atoms. The first-order chi connectivity index (χ1) is 26.3. The third kappa shape index (κ3) is 5.05. The molecule has 7 aromatic carbocycles. The molecule has 0 fully saturated rings. The maximum Gasteiger partial charge on any atom is 0.238 e. The number of anilines is 6. The zero-order valence-corrected chi connectivity index (χ0v) is 30.5. The van der Waals surface area contributed by atoms with Gasteiger partial charge in [0.05, 0.1) is 22.7 Å². The van der Waals surface area contributed by atoms with Crippen LogP contribution in [0.5, 0.6) is 0 Å². The fraction of sp³-hybridized carbons (Fsp3) is 0. The monoisotopic (exact) mass is 733 g/mol. The molecule has 0 atom stereocenters. The highest BCUT2D eigenvalue weighted by Crippen LogP contribution is 2.55. The molecule has 0 aliphatic carbocycles. The van der Waals surface area contributed by atoms with Crippen molar-refractivity contribution < 1.29 is 0 Å². The molecule has 2 aliphatic rings. The Balaban J connectivity index is 1.12. The van der Waals surface area contributed by atoms with E-state index >= 15 is 0 Å². The zero-order chi connectivity index (χ0) is 34.9. The van der Waals surface area contributed by atoms with Crippen LogP contribution >= 0.6 is 34.9 Å². The van der Waals surface area contributed by atoms with E-state index in [0.717, 1.165) is 38.0 Å². The normalized spacial score (nSPS) is 13.1. The number of aromatic nitrogens is 3. The van der Waals surface area contributed by atoms with Gasteiger partial charge in [0.2, 0.25) is 5.95 Å². The van der Waals surface area contributed by atoms with Crippen LogP contribution in [0.3, 0.4) is 0 Å². The Labute approximate surface area is 318 Å². The van der Waals surface area contributed by atoms with E-state index in [2.05, 4.69) is 155 Å². The lowest BCUT2D eigenvalue weighted by molar-refractivity contribution is 1.00. The van der Waals surface area contributed by atoms with Crippen LogP contribution in [0, 0.1) is 0 Å². The summed E-state index contributed by atoms with van der Waals surface area (Å²) < 4.78 is 2.42. The second-order valence-corrected chi connectivity index (χ2v) is 16.1. The molecular weight excluding hydrogens is 707 g/mol. The third-order valence-corrected chi connectivity index (χ3v) is 13.2. The van der Waals surface area contributed by atoms with E-state index in [4.69, 9.17) is 15.0 Å². The number of fused-ring (bicyclic) bond motifs is 7. The van der Waals surface area contributed by atoms with Gasteiger partial charge in [0.15, 0.2) is 11.6 Å². The van der Waals surface area contributed by atoms with Gasteiger partial charge < -0.3 is 4.90 Å². The SMILES string of the molecule is c1ccc(-c2nc(-c3cccc4c3sc3ccccc34)nc(N3c4ccccc4Sc4cc(N5c6ccccc6Sc6ccccc65)ccc43)n2)cc1. The van der Waals surface area contributed by atoms with Crippen LogP contribution in [0.15, 0.2) is 183 Å². The quantitative estimate of drug-likeness (QED) is 0.178. The molecule has 8 heteroatoms. The van der Waals surface area contributed by atoms with Crippen LogP contribution in [0.2, 0.25) is 0 Å². The smallest absolute Gasteiger partial charge is 0.238 e.